The number of methoxy groups -OCH3 is 1. The third kappa shape index (κ3) is 4.55. The molecule has 136 valence electrons. The molecule has 2 rings (SSSR count). The average molecular weight is 351 g/mol. The smallest absolute Gasteiger partial charge is 0.322 e. The number of nitrogens with zero attached hydrogens (tertiary/aromatic N) is 1. The minimum atomic E-state index is -1.20. The van der Waals surface area contributed by atoms with Gasteiger partial charge < -0.3 is 14.2 Å². The van der Waals surface area contributed by atoms with Crippen molar-refractivity contribution >= 4 is 18.0 Å². The first-order chi connectivity index (χ1) is 12.0. The van der Waals surface area contributed by atoms with Gasteiger partial charge in [-0.05, 0) is 38.8 Å². The van der Waals surface area contributed by atoms with E-state index in [-0.39, 0.29) is 36.3 Å². The monoisotopic (exact) mass is 351 g/mol. The highest BCUT2D eigenvalue weighted by atomic mass is 19.1. The number of esters is 1. The van der Waals surface area contributed by atoms with Gasteiger partial charge in [0.05, 0.1) is 25.9 Å². The van der Waals surface area contributed by atoms with Crippen LogP contribution in [0.25, 0.3) is 0 Å². The van der Waals surface area contributed by atoms with E-state index >= 15 is 0 Å². The number of ketones is 1. The van der Waals surface area contributed by atoms with Crippen LogP contribution in [-0.2, 0) is 9.53 Å². The van der Waals surface area contributed by atoms with Crippen LogP contribution in [0.4, 0.5) is 4.39 Å². The highest BCUT2D eigenvalue weighted by molar-refractivity contribution is 6.19. The highest BCUT2D eigenvalue weighted by Crippen LogP contribution is 2.35. The lowest BCUT2D eigenvalue weighted by molar-refractivity contribution is -0.143. The molecule has 0 bridgehead atoms. The molecule has 6 nitrogen and oxygen atoms in total. The van der Waals surface area contributed by atoms with Gasteiger partial charge >= 0.3 is 5.97 Å². The molecule has 1 aliphatic carbocycles. The minimum absolute atomic E-state index is 0.0240. The summed E-state index contributed by atoms with van der Waals surface area (Å²) in [7, 11) is 1.28. The molecule has 0 aromatic heterocycles. The number of ether oxygens (including phenoxy) is 3. The molecule has 1 atom stereocenters. The number of rotatable bonds is 9. The first-order valence-electron chi connectivity index (χ1n) is 8.26. The molecule has 7 heteroatoms. The molecular weight excluding hydrogens is 329 g/mol. The van der Waals surface area contributed by atoms with Crippen molar-refractivity contribution in [1.29, 1.82) is 0 Å². The van der Waals surface area contributed by atoms with Crippen LogP contribution in [-0.4, -0.2) is 44.3 Å². The molecular formula is C18H22FNO5. The van der Waals surface area contributed by atoms with E-state index in [1.807, 2.05) is 0 Å². The number of hydrogen-bond acceptors (Lipinski definition) is 6. The van der Waals surface area contributed by atoms with Gasteiger partial charge in [0.2, 0.25) is 0 Å². The minimum Gasteiger partial charge on any atom is -0.490 e. The summed E-state index contributed by atoms with van der Waals surface area (Å²) in [5, 5.41) is 0. The van der Waals surface area contributed by atoms with Crippen LogP contribution in [0.2, 0.25) is 0 Å². The Morgan fingerprint density at radius 2 is 2.00 bits per heavy atom. The molecule has 1 unspecified atom stereocenters. The summed E-state index contributed by atoms with van der Waals surface area (Å²) < 4.78 is 29.3. The zero-order valence-electron chi connectivity index (χ0n) is 14.6. The van der Waals surface area contributed by atoms with Crippen molar-refractivity contribution in [3.63, 3.8) is 0 Å². The van der Waals surface area contributed by atoms with Gasteiger partial charge in [-0.3, -0.25) is 14.6 Å². The summed E-state index contributed by atoms with van der Waals surface area (Å²) in [6, 6.07) is 2.54. The van der Waals surface area contributed by atoms with Gasteiger partial charge in [-0.25, -0.2) is 4.39 Å². The number of carbonyl (C=O) groups excluding carboxylic acids is 2. The van der Waals surface area contributed by atoms with Crippen molar-refractivity contribution in [3.05, 3.63) is 23.5 Å². The lowest BCUT2D eigenvalue weighted by Gasteiger charge is -2.16. The molecule has 1 saturated carbocycles. The van der Waals surface area contributed by atoms with Gasteiger partial charge in [-0.1, -0.05) is 0 Å². The number of hydrogen-bond donors (Lipinski definition) is 0. The second-order valence-corrected chi connectivity index (χ2v) is 5.51. The Bertz CT molecular complexity index is 670. The third-order valence-corrected chi connectivity index (χ3v) is 3.64. The highest BCUT2D eigenvalue weighted by Gasteiger charge is 2.32. The maximum Gasteiger partial charge on any atom is 0.322 e. The van der Waals surface area contributed by atoms with E-state index in [9.17, 15) is 14.0 Å². The Balaban J connectivity index is 2.41. The van der Waals surface area contributed by atoms with E-state index in [1.165, 1.54) is 19.4 Å². The summed E-state index contributed by atoms with van der Waals surface area (Å²) in [6.45, 7) is 3.71. The van der Waals surface area contributed by atoms with Gasteiger partial charge in [0.1, 0.15) is 0 Å². The quantitative estimate of drug-likeness (QED) is 0.296. The average Bonchev–Trinajstić information content (AvgIpc) is 3.40. The van der Waals surface area contributed by atoms with E-state index in [2.05, 4.69) is 4.99 Å². The Labute approximate surface area is 146 Å². The standard InChI is InChI=1S/C18H22FNO5/c1-4-24-16-12(8-9-14(19)17(16)23-3)15(21)13(18(22)25-5-2)10-20-11-6-7-11/h8-11,13H,4-7H2,1-3H3. The van der Waals surface area contributed by atoms with Crippen molar-refractivity contribution in [2.24, 2.45) is 10.9 Å². The summed E-state index contributed by atoms with van der Waals surface area (Å²) in [6.07, 6.45) is 3.20. The lowest BCUT2D eigenvalue weighted by Crippen LogP contribution is -2.28. The zero-order chi connectivity index (χ0) is 18.4. The maximum atomic E-state index is 13.9. The molecule has 0 amide bonds. The fourth-order valence-electron chi connectivity index (χ4n) is 2.28. The van der Waals surface area contributed by atoms with Crippen LogP contribution in [0.15, 0.2) is 17.1 Å². The largest absolute Gasteiger partial charge is 0.490 e. The van der Waals surface area contributed by atoms with Crippen molar-refractivity contribution in [2.45, 2.75) is 32.7 Å². The Hall–Kier alpha value is -2.44. The van der Waals surface area contributed by atoms with Gasteiger partial charge in [-0.2, -0.15) is 0 Å². The van der Waals surface area contributed by atoms with E-state index in [0.717, 1.165) is 18.9 Å². The van der Waals surface area contributed by atoms with Crippen molar-refractivity contribution in [1.82, 2.24) is 0 Å². The first kappa shape index (κ1) is 18.9. The van der Waals surface area contributed by atoms with Crippen molar-refractivity contribution < 1.29 is 28.2 Å². The molecule has 1 aromatic carbocycles. The SMILES string of the molecule is CCOC(=O)C(C=NC1CC1)C(=O)c1ccc(F)c(OC)c1OCC. The molecule has 0 saturated heterocycles. The molecule has 1 aromatic rings. The summed E-state index contributed by atoms with van der Waals surface area (Å²) in [4.78, 5) is 29.3. The molecule has 1 aliphatic rings. The van der Waals surface area contributed by atoms with Crippen molar-refractivity contribution in [3.8, 4) is 11.5 Å². The van der Waals surface area contributed by atoms with Gasteiger partial charge in [0.25, 0.3) is 0 Å². The van der Waals surface area contributed by atoms with E-state index < -0.39 is 23.5 Å². The Morgan fingerprint density at radius 1 is 1.28 bits per heavy atom. The molecule has 0 spiro atoms. The van der Waals surface area contributed by atoms with Crippen LogP contribution in [0.5, 0.6) is 11.5 Å². The number of carbonyl (C=O) groups is 2. The second kappa shape index (κ2) is 8.60. The topological polar surface area (TPSA) is 74.2 Å². The summed E-state index contributed by atoms with van der Waals surface area (Å²) in [5.41, 5.74) is 0.0559. The van der Waals surface area contributed by atoms with Gasteiger partial charge in [0, 0.05) is 12.3 Å². The normalized spacial score (nSPS) is 15.0. The van der Waals surface area contributed by atoms with Crippen LogP contribution >= 0.6 is 0 Å². The second-order valence-electron chi connectivity index (χ2n) is 5.51. The molecule has 0 radical (unpaired) electrons. The molecule has 0 aliphatic heterocycles. The van der Waals surface area contributed by atoms with Crippen LogP contribution in [0.1, 0.15) is 37.0 Å². The van der Waals surface area contributed by atoms with Gasteiger partial charge in [-0.15, -0.1) is 0 Å². The summed E-state index contributed by atoms with van der Waals surface area (Å²) in [5.74, 6) is -3.30. The predicted molar refractivity (Wildman–Crippen MR) is 90.1 cm³/mol. The fraction of sp³-hybridized carbons (Fsp3) is 0.500. The molecule has 1 fully saturated rings. The van der Waals surface area contributed by atoms with Crippen LogP contribution in [0, 0.1) is 11.7 Å². The zero-order valence-corrected chi connectivity index (χ0v) is 14.6. The van der Waals surface area contributed by atoms with Crippen LogP contribution in [0.3, 0.4) is 0 Å². The summed E-state index contributed by atoms with van der Waals surface area (Å²) >= 11 is 0. The molecule has 25 heavy (non-hydrogen) atoms. The Morgan fingerprint density at radius 3 is 2.56 bits per heavy atom. The lowest BCUT2D eigenvalue weighted by atomic mass is 9.97. The van der Waals surface area contributed by atoms with E-state index in [4.69, 9.17) is 14.2 Å². The van der Waals surface area contributed by atoms with E-state index in [0.29, 0.717) is 0 Å². The van der Waals surface area contributed by atoms with Gasteiger partial charge in [0.15, 0.2) is 29.0 Å². The first-order valence-corrected chi connectivity index (χ1v) is 8.26. The molecule has 0 N–H and O–H groups in total. The van der Waals surface area contributed by atoms with Crippen molar-refractivity contribution in [2.75, 3.05) is 20.3 Å². The maximum absolute atomic E-state index is 13.9. The fourth-order valence-corrected chi connectivity index (χ4v) is 2.28. The Kier molecular flexibility index (Phi) is 6.50. The number of benzene rings is 1. The van der Waals surface area contributed by atoms with Crippen LogP contribution < -0.4 is 9.47 Å². The number of aliphatic imine (C=N–C) groups is 1. The number of Topliss-reactive ketones (excluding diaryl/α,β-unsaturated/α-hetero) is 1. The number of halogens is 1. The predicted octanol–water partition coefficient (Wildman–Crippen LogP) is 2.83. The third-order valence-electron chi connectivity index (χ3n) is 3.64. The molecule has 0 heterocycles. The van der Waals surface area contributed by atoms with E-state index in [1.54, 1.807) is 13.8 Å².